The third-order valence-corrected chi connectivity index (χ3v) is 5.21. The first-order valence-electron chi connectivity index (χ1n) is 8.66. The molecule has 4 aromatic rings. The quantitative estimate of drug-likeness (QED) is 0.589. The molecule has 0 bridgehead atoms. The van der Waals surface area contributed by atoms with E-state index in [1.807, 2.05) is 26.2 Å². The van der Waals surface area contributed by atoms with Crippen LogP contribution < -0.4 is 11.0 Å². The summed E-state index contributed by atoms with van der Waals surface area (Å²) < 4.78 is 3.40. The van der Waals surface area contributed by atoms with Crippen LogP contribution in [0.25, 0.3) is 27.0 Å². The first kappa shape index (κ1) is 17.4. The summed E-state index contributed by atoms with van der Waals surface area (Å²) in [5.41, 5.74) is 4.23. The number of hydrogen-bond acceptors (Lipinski definition) is 5. The van der Waals surface area contributed by atoms with Crippen LogP contribution in [0.2, 0.25) is 0 Å². The maximum atomic E-state index is 12.6. The number of aryl methyl sites for hydroxylation is 1. The fourth-order valence-electron chi connectivity index (χ4n) is 2.98. The van der Waals surface area contributed by atoms with Crippen molar-refractivity contribution < 1.29 is 4.79 Å². The van der Waals surface area contributed by atoms with E-state index in [-0.39, 0.29) is 24.2 Å². The Morgan fingerprint density at radius 3 is 2.70 bits per heavy atom. The standard InChI is InChI=1S/C19H19N5O2S/c1-11(2)21-15(25)8-24-19(26)23-10-20-16-14(9-27-17(16)18(23)22-24)13-6-4-12(3)5-7-13/h4-7,9-11H,8H2,1-3H3,(H,21,25). The number of nitrogens with one attached hydrogen (secondary N) is 1. The van der Waals surface area contributed by atoms with Crippen molar-refractivity contribution in [1.29, 1.82) is 0 Å². The number of nitrogens with zero attached hydrogens (tertiary/aromatic N) is 4. The second-order valence-electron chi connectivity index (χ2n) is 6.79. The Hall–Kier alpha value is -3.00. The lowest BCUT2D eigenvalue weighted by Crippen LogP contribution is -2.36. The van der Waals surface area contributed by atoms with Gasteiger partial charge in [-0.15, -0.1) is 16.4 Å². The van der Waals surface area contributed by atoms with Gasteiger partial charge in [0.25, 0.3) is 0 Å². The zero-order valence-corrected chi connectivity index (χ0v) is 16.1. The molecule has 4 rings (SSSR count). The highest BCUT2D eigenvalue weighted by Crippen LogP contribution is 2.34. The topological polar surface area (TPSA) is 81.3 Å². The van der Waals surface area contributed by atoms with E-state index in [4.69, 9.17) is 0 Å². The van der Waals surface area contributed by atoms with Crippen molar-refractivity contribution in [3.05, 3.63) is 52.0 Å². The van der Waals surface area contributed by atoms with Gasteiger partial charge in [0, 0.05) is 17.0 Å². The van der Waals surface area contributed by atoms with Crippen LogP contribution in [0.3, 0.4) is 0 Å². The molecule has 0 saturated carbocycles. The third-order valence-electron chi connectivity index (χ3n) is 4.25. The number of benzene rings is 1. The van der Waals surface area contributed by atoms with Gasteiger partial charge in [-0.1, -0.05) is 29.8 Å². The van der Waals surface area contributed by atoms with Gasteiger partial charge < -0.3 is 5.32 Å². The van der Waals surface area contributed by atoms with Gasteiger partial charge in [0.2, 0.25) is 5.91 Å². The Morgan fingerprint density at radius 2 is 2.00 bits per heavy atom. The predicted octanol–water partition coefficient (Wildman–Crippen LogP) is 2.61. The lowest BCUT2D eigenvalue weighted by molar-refractivity contribution is -0.122. The highest BCUT2D eigenvalue weighted by atomic mass is 32.1. The number of carbonyl (C=O) groups is 1. The van der Waals surface area contributed by atoms with Crippen molar-refractivity contribution in [2.75, 3.05) is 0 Å². The van der Waals surface area contributed by atoms with Crippen LogP contribution in [0.5, 0.6) is 0 Å². The van der Waals surface area contributed by atoms with Crippen molar-refractivity contribution in [3.8, 4) is 11.1 Å². The van der Waals surface area contributed by atoms with E-state index in [0.717, 1.165) is 21.3 Å². The largest absolute Gasteiger partial charge is 0.352 e. The summed E-state index contributed by atoms with van der Waals surface area (Å²) in [6.07, 6.45) is 1.48. The number of fused-ring (bicyclic) bond motifs is 3. The normalized spacial score (nSPS) is 11.6. The van der Waals surface area contributed by atoms with Crippen molar-refractivity contribution in [1.82, 2.24) is 24.5 Å². The summed E-state index contributed by atoms with van der Waals surface area (Å²) in [6.45, 7) is 5.67. The van der Waals surface area contributed by atoms with E-state index in [0.29, 0.717) is 5.65 Å². The van der Waals surface area contributed by atoms with Gasteiger partial charge in [0.05, 0.1) is 10.2 Å². The molecule has 3 heterocycles. The van der Waals surface area contributed by atoms with E-state index >= 15 is 0 Å². The molecule has 8 heteroatoms. The van der Waals surface area contributed by atoms with Gasteiger partial charge in [-0.3, -0.25) is 4.79 Å². The van der Waals surface area contributed by atoms with Gasteiger partial charge in [-0.05, 0) is 26.3 Å². The van der Waals surface area contributed by atoms with Crippen LogP contribution in [0, 0.1) is 6.92 Å². The Labute approximate surface area is 159 Å². The minimum Gasteiger partial charge on any atom is -0.352 e. The smallest absolute Gasteiger partial charge is 0.352 e. The molecule has 0 fully saturated rings. The van der Waals surface area contributed by atoms with Crippen molar-refractivity contribution in [3.63, 3.8) is 0 Å². The molecule has 3 aromatic heterocycles. The average Bonchev–Trinajstić information content (AvgIpc) is 3.17. The molecule has 1 amide bonds. The SMILES string of the molecule is Cc1ccc(-c2csc3c2ncn2c(=O)n(CC(=O)NC(C)C)nc32)cc1. The second kappa shape index (κ2) is 6.62. The highest BCUT2D eigenvalue weighted by molar-refractivity contribution is 7.18. The maximum Gasteiger partial charge on any atom is 0.352 e. The molecule has 0 unspecified atom stereocenters. The van der Waals surface area contributed by atoms with Crippen LogP contribution in [0.1, 0.15) is 19.4 Å². The Bertz CT molecular complexity index is 1200. The molecule has 7 nitrogen and oxygen atoms in total. The molecule has 0 aliphatic heterocycles. The minimum atomic E-state index is -0.372. The van der Waals surface area contributed by atoms with Crippen LogP contribution in [0.4, 0.5) is 0 Å². The summed E-state index contributed by atoms with van der Waals surface area (Å²) in [6, 6.07) is 8.24. The fourth-order valence-corrected chi connectivity index (χ4v) is 3.98. The van der Waals surface area contributed by atoms with Gasteiger partial charge in [0.15, 0.2) is 5.65 Å². The molecule has 0 atom stereocenters. The first-order chi connectivity index (χ1) is 12.9. The fraction of sp³-hybridized carbons (Fsp3) is 0.263. The molecule has 1 N–H and O–H groups in total. The zero-order valence-electron chi connectivity index (χ0n) is 15.3. The Balaban J connectivity index is 1.80. The Morgan fingerprint density at radius 1 is 1.26 bits per heavy atom. The lowest BCUT2D eigenvalue weighted by Gasteiger charge is -2.06. The molecule has 0 aliphatic carbocycles. The lowest BCUT2D eigenvalue weighted by atomic mass is 10.1. The molecule has 0 aliphatic rings. The molecule has 0 saturated heterocycles. The molecule has 138 valence electrons. The van der Waals surface area contributed by atoms with Crippen molar-refractivity contribution in [2.45, 2.75) is 33.4 Å². The van der Waals surface area contributed by atoms with Gasteiger partial charge >= 0.3 is 5.69 Å². The summed E-state index contributed by atoms with van der Waals surface area (Å²) in [4.78, 5) is 29.0. The Kier molecular flexibility index (Phi) is 4.27. The zero-order chi connectivity index (χ0) is 19.1. The summed E-state index contributed by atoms with van der Waals surface area (Å²) >= 11 is 1.50. The monoisotopic (exact) mass is 381 g/mol. The molecule has 0 radical (unpaired) electrons. The van der Waals surface area contributed by atoms with E-state index < -0.39 is 0 Å². The van der Waals surface area contributed by atoms with E-state index in [9.17, 15) is 9.59 Å². The second-order valence-corrected chi connectivity index (χ2v) is 7.67. The van der Waals surface area contributed by atoms with Crippen LogP contribution in [-0.4, -0.2) is 31.1 Å². The van der Waals surface area contributed by atoms with Crippen LogP contribution >= 0.6 is 11.3 Å². The van der Waals surface area contributed by atoms with Crippen molar-refractivity contribution >= 4 is 33.1 Å². The first-order valence-corrected chi connectivity index (χ1v) is 9.54. The van der Waals surface area contributed by atoms with Crippen LogP contribution in [-0.2, 0) is 11.3 Å². The molecular formula is C19H19N5O2S. The van der Waals surface area contributed by atoms with Gasteiger partial charge in [-0.25, -0.2) is 18.9 Å². The highest BCUT2D eigenvalue weighted by Gasteiger charge is 2.17. The summed E-state index contributed by atoms with van der Waals surface area (Å²) in [7, 11) is 0. The minimum absolute atomic E-state index is 0.00738. The van der Waals surface area contributed by atoms with Gasteiger partial charge in [-0.2, -0.15) is 0 Å². The maximum absolute atomic E-state index is 12.6. The number of hydrogen-bond donors (Lipinski definition) is 1. The summed E-state index contributed by atoms with van der Waals surface area (Å²) in [5.74, 6) is -0.244. The van der Waals surface area contributed by atoms with Crippen LogP contribution in [0.15, 0.2) is 40.8 Å². The van der Waals surface area contributed by atoms with E-state index in [1.165, 1.54) is 32.3 Å². The number of amides is 1. The predicted molar refractivity (Wildman–Crippen MR) is 106 cm³/mol. The molecular weight excluding hydrogens is 362 g/mol. The summed E-state index contributed by atoms with van der Waals surface area (Å²) in [5, 5.41) is 9.18. The van der Waals surface area contributed by atoms with E-state index in [1.54, 1.807) is 0 Å². The van der Waals surface area contributed by atoms with E-state index in [2.05, 4.69) is 39.7 Å². The van der Waals surface area contributed by atoms with Crippen molar-refractivity contribution in [2.24, 2.45) is 0 Å². The number of carbonyl (C=O) groups excluding carboxylic acids is 1. The molecule has 1 aromatic carbocycles. The molecule has 27 heavy (non-hydrogen) atoms. The average molecular weight is 381 g/mol. The number of aromatic nitrogens is 4. The molecule has 0 spiro atoms. The van der Waals surface area contributed by atoms with Gasteiger partial charge in [0.1, 0.15) is 12.9 Å². The number of thiophene rings is 1. The number of rotatable bonds is 4. The third kappa shape index (κ3) is 3.12.